The largest absolute Gasteiger partial charge is 0.437 e. The zero-order valence-electron chi connectivity index (χ0n) is 17.2. The van der Waals surface area contributed by atoms with Gasteiger partial charge in [-0.15, -0.1) is 0 Å². The molecule has 4 rings (SSSR count). The molecule has 1 amide bonds. The van der Waals surface area contributed by atoms with Crippen LogP contribution >= 0.6 is 11.8 Å². The molecular formula is C25H21N3O2S. The van der Waals surface area contributed by atoms with Crippen LogP contribution in [0.15, 0.2) is 95.1 Å². The van der Waals surface area contributed by atoms with E-state index in [1.807, 2.05) is 62.4 Å². The minimum Gasteiger partial charge on any atom is -0.437 e. The summed E-state index contributed by atoms with van der Waals surface area (Å²) in [7, 11) is 0. The van der Waals surface area contributed by atoms with Crippen LogP contribution < -0.4 is 10.1 Å². The highest BCUT2D eigenvalue weighted by molar-refractivity contribution is 7.99. The third-order valence-corrected chi connectivity index (χ3v) is 5.54. The first kappa shape index (κ1) is 20.6. The highest BCUT2D eigenvalue weighted by Gasteiger charge is 2.12. The van der Waals surface area contributed by atoms with Crippen LogP contribution in [0.1, 0.15) is 21.5 Å². The van der Waals surface area contributed by atoms with E-state index in [4.69, 9.17) is 4.74 Å². The number of anilines is 1. The Morgan fingerprint density at radius 3 is 2.42 bits per heavy atom. The average Bonchev–Trinajstić information content (AvgIpc) is 2.79. The van der Waals surface area contributed by atoms with E-state index in [1.54, 1.807) is 36.7 Å². The van der Waals surface area contributed by atoms with Gasteiger partial charge in [0.2, 0.25) is 0 Å². The number of hydrogen-bond donors (Lipinski definition) is 1. The van der Waals surface area contributed by atoms with E-state index in [1.165, 1.54) is 11.8 Å². The van der Waals surface area contributed by atoms with Gasteiger partial charge in [0.25, 0.3) is 11.8 Å². The van der Waals surface area contributed by atoms with Gasteiger partial charge in [-0.2, -0.15) is 0 Å². The summed E-state index contributed by atoms with van der Waals surface area (Å²) in [6.45, 7) is 3.97. The fraction of sp³-hybridized carbons (Fsp3) is 0.0800. The number of benzene rings is 3. The van der Waals surface area contributed by atoms with Crippen molar-refractivity contribution < 1.29 is 9.53 Å². The fourth-order valence-corrected chi connectivity index (χ4v) is 3.72. The summed E-state index contributed by atoms with van der Waals surface area (Å²) in [6, 6.07) is 22.9. The molecule has 0 saturated heterocycles. The van der Waals surface area contributed by atoms with Gasteiger partial charge in [0.05, 0.1) is 0 Å². The second-order valence-corrected chi connectivity index (χ2v) is 8.04. The first-order valence-corrected chi connectivity index (χ1v) is 10.6. The van der Waals surface area contributed by atoms with Crippen LogP contribution in [-0.2, 0) is 0 Å². The molecule has 0 aliphatic carbocycles. The molecule has 0 unspecified atom stereocenters. The quantitative estimate of drug-likeness (QED) is 0.392. The van der Waals surface area contributed by atoms with E-state index >= 15 is 0 Å². The van der Waals surface area contributed by atoms with Crippen LogP contribution in [0.3, 0.4) is 0 Å². The Morgan fingerprint density at radius 2 is 1.65 bits per heavy atom. The van der Waals surface area contributed by atoms with Gasteiger partial charge in [-0.1, -0.05) is 42.1 Å². The Balaban J connectivity index is 1.47. The van der Waals surface area contributed by atoms with Crippen molar-refractivity contribution in [3.8, 4) is 11.6 Å². The maximum atomic E-state index is 12.6. The number of amides is 1. The van der Waals surface area contributed by atoms with Crippen LogP contribution in [0.5, 0.6) is 11.6 Å². The number of aromatic nitrogens is 2. The third kappa shape index (κ3) is 5.29. The third-order valence-electron chi connectivity index (χ3n) is 4.56. The highest BCUT2D eigenvalue weighted by atomic mass is 32.2. The maximum Gasteiger partial charge on any atom is 0.255 e. The summed E-state index contributed by atoms with van der Waals surface area (Å²) in [4.78, 5) is 22.4. The van der Waals surface area contributed by atoms with Crippen molar-refractivity contribution in [1.82, 2.24) is 9.97 Å². The Labute approximate surface area is 185 Å². The van der Waals surface area contributed by atoms with Crippen molar-refractivity contribution in [2.24, 2.45) is 0 Å². The first-order valence-electron chi connectivity index (χ1n) is 9.79. The number of carbonyl (C=O) groups excluding carboxylic acids is 1. The standard InChI is InChI=1S/C25H21N3O2S/c1-17-8-9-18(2)22(16-17)28-23(29)19-10-12-20(13-11-19)30-24-25(27-15-14-26-24)31-21-6-4-3-5-7-21/h3-16H,1-2H3,(H,28,29). The lowest BCUT2D eigenvalue weighted by molar-refractivity contribution is 0.102. The van der Waals surface area contributed by atoms with Crippen LogP contribution in [0.2, 0.25) is 0 Å². The summed E-state index contributed by atoms with van der Waals surface area (Å²) < 4.78 is 5.94. The molecule has 5 nitrogen and oxygen atoms in total. The summed E-state index contributed by atoms with van der Waals surface area (Å²) in [6.07, 6.45) is 3.23. The molecule has 0 atom stereocenters. The normalized spacial score (nSPS) is 10.5. The lowest BCUT2D eigenvalue weighted by atomic mass is 10.1. The van der Waals surface area contributed by atoms with Crippen molar-refractivity contribution in [3.05, 3.63) is 102 Å². The highest BCUT2D eigenvalue weighted by Crippen LogP contribution is 2.33. The molecule has 4 aromatic rings. The average molecular weight is 428 g/mol. The molecule has 3 aromatic carbocycles. The van der Waals surface area contributed by atoms with Crippen molar-refractivity contribution in [3.63, 3.8) is 0 Å². The van der Waals surface area contributed by atoms with Gasteiger partial charge in [0, 0.05) is 28.5 Å². The predicted octanol–water partition coefficient (Wildman–Crippen LogP) is 6.29. The zero-order chi connectivity index (χ0) is 21.6. The molecular weight excluding hydrogens is 406 g/mol. The Hall–Kier alpha value is -3.64. The number of aryl methyl sites for hydroxylation is 2. The smallest absolute Gasteiger partial charge is 0.255 e. The zero-order valence-corrected chi connectivity index (χ0v) is 18.0. The first-order chi connectivity index (χ1) is 15.1. The number of hydrogen-bond acceptors (Lipinski definition) is 5. The van der Waals surface area contributed by atoms with Gasteiger partial charge in [0.1, 0.15) is 5.75 Å². The molecule has 0 aliphatic heterocycles. The maximum absolute atomic E-state index is 12.6. The molecule has 1 heterocycles. The fourth-order valence-electron chi connectivity index (χ4n) is 2.90. The van der Waals surface area contributed by atoms with E-state index < -0.39 is 0 Å². The monoisotopic (exact) mass is 427 g/mol. The van der Waals surface area contributed by atoms with Crippen LogP contribution in [0.25, 0.3) is 0 Å². The minimum absolute atomic E-state index is 0.167. The van der Waals surface area contributed by atoms with Crippen molar-refractivity contribution in [2.45, 2.75) is 23.8 Å². The van der Waals surface area contributed by atoms with Crippen LogP contribution in [0, 0.1) is 13.8 Å². The SMILES string of the molecule is Cc1ccc(C)c(NC(=O)c2ccc(Oc3nccnc3Sc3ccccc3)cc2)c1. The number of rotatable bonds is 6. The lowest BCUT2D eigenvalue weighted by Crippen LogP contribution is -2.12. The van der Waals surface area contributed by atoms with Crippen LogP contribution in [0.4, 0.5) is 5.69 Å². The predicted molar refractivity (Wildman–Crippen MR) is 123 cm³/mol. The molecule has 0 fully saturated rings. The number of nitrogens with zero attached hydrogens (tertiary/aromatic N) is 2. The molecule has 0 saturated carbocycles. The van der Waals surface area contributed by atoms with E-state index in [0.717, 1.165) is 21.7 Å². The number of nitrogens with one attached hydrogen (secondary N) is 1. The van der Waals surface area contributed by atoms with Gasteiger partial charge in [-0.3, -0.25) is 4.79 Å². The summed E-state index contributed by atoms with van der Waals surface area (Å²) in [5.74, 6) is 0.836. The van der Waals surface area contributed by atoms with E-state index in [0.29, 0.717) is 22.2 Å². The van der Waals surface area contributed by atoms with E-state index in [-0.39, 0.29) is 5.91 Å². The topological polar surface area (TPSA) is 64.1 Å². The van der Waals surface area contributed by atoms with Gasteiger partial charge in [0.15, 0.2) is 5.03 Å². The van der Waals surface area contributed by atoms with Gasteiger partial charge >= 0.3 is 0 Å². The lowest BCUT2D eigenvalue weighted by Gasteiger charge is -2.11. The molecule has 0 spiro atoms. The van der Waals surface area contributed by atoms with Crippen molar-refractivity contribution in [2.75, 3.05) is 5.32 Å². The van der Waals surface area contributed by atoms with Gasteiger partial charge < -0.3 is 10.1 Å². The minimum atomic E-state index is -0.167. The Bertz CT molecular complexity index is 1200. The van der Waals surface area contributed by atoms with E-state index in [9.17, 15) is 4.79 Å². The molecule has 1 N–H and O–H groups in total. The molecule has 154 valence electrons. The van der Waals surface area contributed by atoms with Gasteiger partial charge in [-0.05, 0) is 67.4 Å². The number of carbonyl (C=O) groups is 1. The Morgan fingerprint density at radius 1 is 0.903 bits per heavy atom. The van der Waals surface area contributed by atoms with Crippen molar-refractivity contribution in [1.29, 1.82) is 0 Å². The molecule has 0 aliphatic rings. The summed E-state index contributed by atoms with van der Waals surface area (Å²) >= 11 is 1.48. The molecule has 0 bridgehead atoms. The second-order valence-electron chi connectivity index (χ2n) is 6.98. The summed E-state index contributed by atoms with van der Waals surface area (Å²) in [5.41, 5.74) is 3.47. The Kier molecular flexibility index (Phi) is 6.29. The molecule has 0 radical (unpaired) electrons. The molecule has 1 aromatic heterocycles. The van der Waals surface area contributed by atoms with E-state index in [2.05, 4.69) is 15.3 Å². The molecule has 31 heavy (non-hydrogen) atoms. The number of ether oxygens (including phenoxy) is 1. The van der Waals surface area contributed by atoms with Gasteiger partial charge in [-0.25, -0.2) is 9.97 Å². The second kappa shape index (κ2) is 9.45. The molecule has 6 heteroatoms. The summed E-state index contributed by atoms with van der Waals surface area (Å²) in [5, 5.41) is 3.64. The van der Waals surface area contributed by atoms with Crippen LogP contribution in [-0.4, -0.2) is 15.9 Å². The van der Waals surface area contributed by atoms with Crippen molar-refractivity contribution >= 4 is 23.4 Å².